The minimum Gasteiger partial charge on any atom is -0.480 e. The number of fused-ring (bicyclic) bond motifs is 1. The van der Waals surface area contributed by atoms with E-state index in [1.807, 2.05) is 6.07 Å². The lowest BCUT2D eigenvalue weighted by atomic mass is 9.77. The van der Waals surface area contributed by atoms with E-state index < -0.39 is 29.4 Å². The number of nitrogens with one attached hydrogen (secondary N) is 1. The van der Waals surface area contributed by atoms with Gasteiger partial charge in [-0.15, -0.1) is 0 Å². The fourth-order valence-corrected chi connectivity index (χ4v) is 5.62. The van der Waals surface area contributed by atoms with E-state index in [0.717, 1.165) is 32.1 Å². The van der Waals surface area contributed by atoms with E-state index in [0.29, 0.717) is 25.1 Å². The van der Waals surface area contributed by atoms with Gasteiger partial charge in [-0.25, -0.2) is 0 Å². The second-order valence-corrected chi connectivity index (χ2v) is 8.74. The number of carboxylic acids is 1. The van der Waals surface area contributed by atoms with Crippen LogP contribution in [0.1, 0.15) is 63.1 Å². The SMILES string of the molecule is NCCCCC1(C(=O)O)NC(c2ccccn2)C2C(=O)N(C3CCCCC3)C(=O)C21. The maximum atomic E-state index is 13.6. The van der Waals surface area contributed by atoms with E-state index in [9.17, 15) is 19.5 Å². The molecule has 3 fully saturated rings. The monoisotopic (exact) mass is 414 g/mol. The first kappa shape index (κ1) is 20.9. The molecule has 4 rings (SSSR count). The number of amides is 2. The third kappa shape index (κ3) is 3.32. The molecular formula is C22H30N4O4. The number of rotatable bonds is 7. The number of pyridine rings is 1. The van der Waals surface area contributed by atoms with E-state index in [1.54, 1.807) is 18.3 Å². The van der Waals surface area contributed by atoms with E-state index in [2.05, 4.69) is 10.3 Å². The zero-order valence-electron chi connectivity index (χ0n) is 17.1. The van der Waals surface area contributed by atoms with Crippen LogP contribution in [0.25, 0.3) is 0 Å². The van der Waals surface area contributed by atoms with Crippen LogP contribution in [0.2, 0.25) is 0 Å². The average Bonchev–Trinajstić information content (AvgIpc) is 3.24. The number of carboxylic acid groups (broad SMARTS) is 1. The molecule has 162 valence electrons. The minimum atomic E-state index is -1.49. The predicted octanol–water partition coefficient (Wildman–Crippen LogP) is 1.61. The highest BCUT2D eigenvalue weighted by Gasteiger charge is 2.69. The number of likely N-dealkylation sites (tertiary alicyclic amines) is 1. The van der Waals surface area contributed by atoms with Gasteiger partial charge in [-0.05, 0) is 50.8 Å². The summed E-state index contributed by atoms with van der Waals surface area (Å²) in [5.74, 6) is -3.34. The maximum Gasteiger partial charge on any atom is 0.324 e. The predicted molar refractivity (Wildman–Crippen MR) is 109 cm³/mol. The summed E-state index contributed by atoms with van der Waals surface area (Å²) in [5.41, 5.74) is 4.73. The summed E-state index contributed by atoms with van der Waals surface area (Å²) in [6, 6.07) is 4.65. The summed E-state index contributed by atoms with van der Waals surface area (Å²) >= 11 is 0. The Labute approximate surface area is 176 Å². The summed E-state index contributed by atoms with van der Waals surface area (Å²) in [5, 5.41) is 13.5. The first-order chi connectivity index (χ1) is 14.5. The van der Waals surface area contributed by atoms with Crippen molar-refractivity contribution in [3.8, 4) is 0 Å². The number of unbranched alkanes of at least 4 members (excludes halogenated alkanes) is 1. The van der Waals surface area contributed by atoms with Crippen molar-refractivity contribution in [1.29, 1.82) is 0 Å². The van der Waals surface area contributed by atoms with Gasteiger partial charge in [-0.1, -0.05) is 25.3 Å². The quantitative estimate of drug-likeness (QED) is 0.457. The molecular weight excluding hydrogens is 384 g/mol. The largest absolute Gasteiger partial charge is 0.480 e. The zero-order valence-corrected chi connectivity index (χ0v) is 17.1. The van der Waals surface area contributed by atoms with Gasteiger partial charge < -0.3 is 10.8 Å². The van der Waals surface area contributed by atoms with Crippen molar-refractivity contribution in [2.24, 2.45) is 17.6 Å². The van der Waals surface area contributed by atoms with E-state index in [4.69, 9.17) is 5.73 Å². The molecule has 1 aromatic heterocycles. The Balaban J connectivity index is 1.75. The van der Waals surface area contributed by atoms with Gasteiger partial charge in [-0.3, -0.25) is 29.6 Å². The number of carbonyl (C=O) groups excluding carboxylic acids is 2. The second-order valence-electron chi connectivity index (χ2n) is 8.74. The van der Waals surface area contributed by atoms with Crippen LogP contribution in [-0.4, -0.2) is 50.9 Å². The average molecular weight is 415 g/mol. The van der Waals surface area contributed by atoms with Crippen molar-refractivity contribution >= 4 is 17.8 Å². The summed E-state index contributed by atoms with van der Waals surface area (Å²) in [6.45, 7) is 0.453. The molecule has 1 aliphatic carbocycles. The molecule has 3 heterocycles. The fraction of sp³-hybridized carbons (Fsp3) is 0.636. The molecule has 3 aliphatic rings. The van der Waals surface area contributed by atoms with Gasteiger partial charge >= 0.3 is 5.97 Å². The van der Waals surface area contributed by atoms with Gasteiger partial charge in [0.05, 0.1) is 23.6 Å². The van der Waals surface area contributed by atoms with Gasteiger partial charge in [0.2, 0.25) is 11.8 Å². The van der Waals surface area contributed by atoms with E-state index in [-0.39, 0.29) is 24.3 Å². The standard InChI is InChI=1S/C22H30N4O4/c23-12-6-5-11-22(21(29)30)17-16(18(25-22)15-10-4-7-13-24-15)19(27)26(20(17)28)14-8-2-1-3-9-14/h4,7,10,13-14,16-18,25H,1-3,5-6,8-9,11-12,23H2,(H,29,30). The lowest BCUT2D eigenvalue weighted by molar-refractivity contribution is -0.153. The highest BCUT2D eigenvalue weighted by molar-refractivity contribution is 6.09. The normalized spacial score (nSPS) is 31.9. The maximum absolute atomic E-state index is 13.6. The van der Waals surface area contributed by atoms with Crippen LogP contribution < -0.4 is 11.1 Å². The molecule has 4 N–H and O–H groups in total. The van der Waals surface area contributed by atoms with Gasteiger partial charge in [0.15, 0.2) is 0 Å². The van der Waals surface area contributed by atoms with Gasteiger partial charge in [0.25, 0.3) is 0 Å². The molecule has 2 amide bonds. The summed E-state index contributed by atoms with van der Waals surface area (Å²) in [6.07, 6.45) is 7.78. The highest BCUT2D eigenvalue weighted by Crippen LogP contribution is 2.51. The van der Waals surface area contributed by atoms with E-state index in [1.165, 1.54) is 4.90 Å². The number of aliphatic carboxylic acids is 1. The van der Waals surface area contributed by atoms with E-state index >= 15 is 0 Å². The Bertz CT molecular complexity index is 811. The molecule has 0 radical (unpaired) electrons. The summed E-state index contributed by atoms with van der Waals surface area (Å²) in [7, 11) is 0. The van der Waals surface area contributed by atoms with Crippen molar-refractivity contribution in [3.05, 3.63) is 30.1 Å². The number of nitrogens with zero attached hydrogens (tertiary/aromatic N) is 2. The minimum absolute atomic E-state index is 0.121. The van der Waals surface area contributed by atoms with Gasteiger partial charge in [0, 0.05) is 12.2 Å². The van der Waals surface area contributed by atoms with Crippen LogP contribution in [0.15, 0.2) is 24.4 Å². The van der Waals surface area contributed by atoms with Crippen molar-refractivity contribution in [3.63, 3.8) is 0 Å². The molecule has 8 nitrogen and oxygen atoms in total. The molecule has 1 aromatic rings. The number of imide groups is 1. The molecule has 1 saturated carbocycles. The Morgan fingerprint density at radius 2 is 1.97 bits per heavy atom. The van der Waals surface area contributed by atoms with Gasteiger partial charge in [-0.2, -0.15) is 0 Å². The lowest BCUT2D eigenvalue weighted by Gasteiger charge is -2.34. The summed E-state index contributed by atoms with van der Waals surface area (Å²) < 4.78 is 0. The molecule has 0 bridgehead atoms. The first-order valence-electron chi connectivity index (χ1n) is 11.0. The lowest BCUT2D eigenvalue weighted by Crippen LogP contribution is -2.56. The van der Waals surface area contributed by atoms with Crippen LogP contribution in [-0.2, 0) is 14.4 Å². The Morgan fingerprint density at radius 1 is 1.20 bits per heavy atom. The molecule has 2 aliphatic heterocycles. The number of aromatic nitrogens is 1. The van der Waals surface area contributed by atoms with Crippen molar-refractivity contribution < 1.29 is 19.5 Å². The Kier molecular flexibility index (Phi) is 5.88. The fourth-order valence-electron chi connectivity index (χ4n) is 5.62. The number of nitrogens with two attached hydrogens (primary N) is 1. The van der Waals surface area contributed by atoms with Crippen LogP contribution in [0.5, 0.6) is 0 Å². The third-order valence-electron chi connectivity index (χ3n) is 7.04. The van der Waals surface area contributed by atoms with Crippen molar-refractivity contribution in [2.75, 3.05) is 6.54 Å². The Hall–Kier alpha value is -2.32. The topological polar surface area (TPSA) is 126 Å². The van der Waals surface area contributed by atoms with Crippen LogP contribution in [0, 0.1) is 11.8 Å². The van der Waals surface area contributed by atoms with Crippen molar-refractivity contribution in [1.82, 2.24) is 15.2 Å². The highest BCUT2D eigenvalue weighted by atomic mass is 16.4. The van der Waals surface area contributed by atoms with Crippen LogP contribution in [0.3, 0.4) is 0 Å². The smallest absolute Gasteiger partial charge is 0.324 e. The van der Waals surface area contributed by atoms with Gasteiger partial charge in [0.1, 0.15) is 5.54 Å². The molecule has 4 unspecified atom stereocenters. The molecule has 8 heteroatoms. The first-order valence-corrected chi connectivity index (χ1v) is 11.0. The molecule has 0 aromatic carbocycles. The van der Waals surface area contributed by atoms with Crippen molar-refractivity contribution in [2.45, 2.75) is 69.0 Å². The number of hydrogen-bond acceptors (Lipinski definition) is 6. The summed E-state index contributed by atoms with van der Waals surface area (Å²) in [4.78, 5) is 45.5. The molecule has 30 heavy (non-hydrogen) atoms. The van der Waals surface area contributed by atoms with Crippen LogP contribution >= 0.6 is 0 Å². The number of hydrogen-bond donors (Lipinski definition) is 3. The Morgan fingerprint density at radius 3 is 2.60 bits per heavy atom. The zero-order chi connectivity index (χ0) is 21.3. The molecule has 0 spiro atoms. The third-order valence-corrected chi connectivity index (χ3v) is 7.04. The van der Waals surface area contributed by atoms with Crippen LogP contribution in [0.4, 0.5) is 0 Å². The molecule has 2 saturated heterocycles. The number of carbonyl (C=O) groups is 3. The molecule has 4 atom stereocenters. The second kappa shape index (κ2) is 8.43.